The Balaban J connectivity index is 2.32. The molecule has 0 spiro atoms. The van der Waals surface area contributed by atoms with Crippen LogP contribution >= 0.6 is 11.6 Å². The molecular weight excluding hydrogens is 380 g/mol. The highest BCUT2D eigenvalue weighted by Gasteiger charge is 2.34. The number of alkyl halides is 3. The number of aliphatic hydroxyl groups excluding tert-OH is 1. The molecule has 26 heavy (non-hydrogen) atoms. The van der Waals surface area contributed by atoms with Crippen LogP contribution in [0.15, 0.2) is 22.7 Å². The topological polar surface area (TPSA) is 75.4 Å². The number of amides is 1. The first-order chi connectivity index (χ1) is 12.1. The lowest BCUT2D eigenvalue weighted by molar-refractivity contribution is -0.139. The van der Waals surface area contributed by atoms with Gasteiger partial charge in [-0.2, -0.15) is 13.2 Å². The first-order valence-electron chi connectivity index (χ1n) is 7.50. The molecule has 1 aromatic carbocycles. The molecule has 0 aliphatic carbocycles. The summed E-state index contributed by atoms with van der Waals surface area (Å²) >= 11 is 6.02. The van der Waals surface area contributed by atoms with Crippen molar-refractivity contribution in [3.8, 4) is 11.3 Å². The zero-order valence-corrected chi connectivity index (χ0v) is 14.5. The number of nitrogens with zero attached hydrogens (tertiary/aromatic N) is 1. The fourth-order valence-corrected chi connectivity index (χ4v) is 2.41. The highest BCUT2D eigenvalue weighted by atomic mass is 35.5. The van der Waals surface area contributed by atoms with Gasteiger partial charge in [-0.25, -0.2) is 4.39 Å². The lowest BCUT2D eigenvalue weighted by atomic mass is 10.1. The second-order valence-electron chi connectivity index (χ2n) is 5.87. The van der Waals surface area contributed by atoms with Gasteiger partial charge < -0.3 is 14.9 Å². The van der Waals surface area contributed by atoms with Gasteiger partial charge in [-0.3, -0.25) is 4.79 Å². The Morgan fingerprint density at radius 3 is 2.54 bits per heavy atom. The molecule has 2 rings (SSSR count). The van der Waals surface area contributed by atoms with E-state index < -0.39 is 29.5 Å². The van der Waals surface area contributed by atoms with E-state index in [-0.39, 0.29) is 34.6 Å². The molecule has 0 aliphatic heterocycles. The molecule has 0 unspecified atom stereocenters. The van der Waals surface area contributed by atoms with Crippen LogP contribution in [-0.2, 0) is 6.18 Å². The summed E-state index contributed by atoms with van der Waals surface area (Å²) in [5, 5.41) is 15.0. The van der Waals surface area contributed by atoms with Gasteiger partial charge in [0.15, 0.2) is 11.5 Å². The predicted octanol–water partition coefficient (Wildman–Crippen LogP) is 3.90. The third kappa shape index (κ3) is 4.16. The summed E-state index contributed by atoms with van der Waals surface area (Å²) in [6.07, 6.45) is -4.84. The number of carbonyl (C=O) groups excluding carboxylic acids is 1. The van der Waals surface area contributed by atoms with E-state index in [1.54, 1.807) is 13.8 Å². The minimum absolute atomic E-state index is 0.0712. The summed E-state index contributed by atoms with van der Waals surface area (Å²) in [6, 6.07) is 1.55. The molecule has 0 bridgehead atoms. The van der Waals surface area contributed by atoms with Crippen LogP contribution in [0.5, 0.6) is 0 Å². The van der Waals surface area contributed by atoms with Crippen LogP contribution in [0, 0.1) is 11.7 Å². The molecule has 1 amide bonds. The number of aliphatic hydroxyl groups is 1. The van der Waals surface area contributed by atoms with E-state index in [0.29, 0.717) is 12.1 Å². The van der Waals surface area contributed by atoms with Crippen molar-refractivity contribution in [1.29, 1.82) is 0 Å². The normalized spacial score (nSPS) is 13.1. The van der Waals surface area contributed by atoms with Crippen molar-refractivity contribution in [1.82, 2.24) is 10.5 Å². The Morgan fingerprint density at radius 1 is 1.38 bits per heavy atom. The van der Waals surface area contributed by atoms with Gasteiger partial charge in [-0.15, -0.1) is 0 Å². The van der Waals surface area contributed by atoms with Gasteiger partial charge in [0.05, 0.1) is 18.2 Å². The second-order valence-corrected chi connectivity index (χ2v) is 6.25. The van der Waals surface area contributed by atoms with Gasteiger partial charge in [0.25, 0.3) is 5.91 Å². The van der Waals surface area contributed by atoms with Crippen LogP contribution in [0.25, 0.3) is 11.3 Å². The predicted molar refractivity (Wildman–Crippen MR) is 85.1 cm³/mol. The Hall–Kier alpha value is -2.13. The maximum Gasteiger partial charge on any atom is 0.419 e. The van der Waals surface area contributed by atoms with E-state index in [2.05, 4.69) is 10.5 Å². The summed E-state index contributed by atoms with van der Waals surface area (Å²) < 4.78 is 56.5. The van der Waals surface area contributed by atoms with Gasteiger partial charge in [0.1, 0.15) is 10.8 Å². The molecule has 2 aromatic rings. The number of nitrogens with one attached hydrogen (secondary N) is 1. The molecule has 0 fully saturated rings. The van der Waals surface area contributed by atoms with Crippen LogP contribution in [0.1, 0.15) is 29.9 Å². The Kier molecular flexibility index (Phi) is 5.92. The summed E-state index contributed by atoms with van der Waals surface area (Å²) in [4.78, 5) is 12.2. The highest BCUT2D eigenvalue weighted by Crippen LogP contribution is 2.36. The number of aromatic nitrogens is 1. The smallest absolute Gasteiger partial charge is 0.394 e. The van der Waals surface area contributed by atoms with Crippen molar-refractivity contribution in [2.45, 2.75) is 26.1 Å². The SMILES string of the molecule is CC(C)[C@H](CO)NC(=O)c1noc(-c2ccc(C(F)(F)F)c(F)c2)c1Cl. The molecule has 1 atom stereocenters. The first kappa shape index (κ1) is 20.2. The van der Waals surface area contributed by atoms with Crippen LogP contribution < -0.4 is 5.32 Å². The highest BCUT2D eigenvalue weighted by molar-refractivity contribution is 6.35. The van der Waals surface area contributed by atoms with Crippen molar-refractivity contribution in [3.63, 3.8) is 0 Å². The molecule has 0 radical (unpaired) electrons. The fourth-order valence-electron chi connectivity index (χ4n) is 2.15. The zero-order valence-electron chi connectivity index (χ0n) is 13.7. The maximum atomic E-state index is 13.7. The molecule has 2 N–H and O–H groups in total. The van der Waals surface area contributed by atoms with Gasteiger partial charge in [-0.05, 0) is 18.1 Å². The van der Waals surface area contributed by atoms with E-state index in [1.165, 1.54) is 0 Å². The van der Waals surface area contributed by atoms with Crippen LogP contribution in [0.2, 0.25) is 5.02 Å². The van der Waals surface area contributed by atoms with E-state index in [4.69, 9.17) is 16.1 Å². The lowest BCUT2D eigenvalue weighted by Gasteiger charge is -2.19. The first-order valence-corrected chi connectivity index (χ1v) is 7.88. The van der Waals surface area contributed by atoms with Crippen LogP contribution in [-0.4, -0.2) is 28.8 Å². The third-order valence-electron chi connectivity index (χ3n) is 3.71. The molecule has 0 saturated heterocycles. The van der Waals surface area contributed by atoms with E-state index in [0.717, 1.165) is 6.07 Å². The second kappa shape index (κ2) is 7.63. The van der Waals surface area contributed by atoms with Crippen LogP contribution in [0.3, 0.4) is 0 Å². The molecule has 1 aromatic heterocycles. The quantitative estimate of drug-likeness (QED) is 0.754. The minimum atomic E-state index is -4.84. The number of carbonyl (C=O) groups is 1. The van der Waals surface area contributed by atoms with Crippen LogP contribution in [0.4, 0.5) is 17.6 Å². The number of hydrogen-bond donors (Lipinski definition) is 2. The molecular formula is C16H15ClF4N2O3. The number of hydrogen-bond acceptors (Lipinski definition) is 4. The van der Waals surface area contributed by atoms with Crippen molar-refractivity contribution in [3.05, 3.63) is 40.3 Å². The molecule has 1 heterocycles. The van der Waals surface area contributed by atoms with Gasteiger partial charge in [0.2, 0.25) is 0 Å². The van der Waals surface area contributed by atoms with Gasteiger partial charge >= 0.3 is 6.18 Å². The Morgan fingerprint density at radius 2 is 2.04 bits per heavy atom. The van der Waals surface area contributed by atoms with Crippen molar-refractivity contribution in [2.24, 2.45) is 5.92 Å². The monoisotopic (exact) mass is 394 g/mol. The fraction of sp³-hybridized carbons (Fsp3) is 0.375. The largest absolute Gasteiger partial charge is 0.419 e. The van der Waals surface area contributed by atoms with E-state index >= 15 is 0 Å². The molecule has 0 aliphatic rings. The van der Waals surface area contributed by atoms with Crippen molar-refractivity contribution >= 4 is 17.5 Å². The van der Waals surface area contributed by atoms with E-state index in [9.17, 15) is 27.5 Å². The molecule has 5 nitrogen and oxygen atoms in total. The van der Waals surface area contributed by atoms with Crippen molar-refractivity contribution < 1.29 is 32.0 Å². The summed E-state index contributed by atoms with van der Waals surface area (Å²) in [5.74, 6) is -2.55. The lowest BCUT2D eigenvalue weighted by Crippen LogP contribution is -2.41. The van der Waals surface area contributed by atoms with E-state index in [1.807, 2.05) is 0 Å². The Labute approximate surface area is 150 Å². The number of halogens is 5. The molecule has 0 saturated carbocycles. The molecule has 142 valence electrons. The third-order valence-corrected chi connectivity index (χ3v) is 4.06. The average molecular weight is 395 g/mol. The number of rotatable bonds is 5. The summed E-state index contributed by atoms with van der Waals surface area (Å²) in [7, 11) is 0. The Bertz CT molecular complexity index is 805. The van der Waals surface area contributed by atoms with Crippen molar-refractivity contribution in [2.75, 3.05) is 6.61 Å². The number of benzene rings is 1. The average Bonchev–Trinajstić information content (AvgIpc) is 2.92. The maximum absolute atomic E-state index is 13.7. The minimum Gasteiger partial charge on any atom is -0.394 e. The van der Waals surface area contributed by atoms with Gasteiger partial charge in [0, 0.05) is 5.56 Å². The van der Waals surface area contributed by atoms with Gasteiger partial charge in [-0.1, -0.05) is 36.7 Å². The summed E-state index contributed by atoms with van der Waals surface area (Å²) in [6.45, 7) is 3.25. The zero-order chi connectivity index (χ0) is 19.6. The summed E-state index contributed by atoms with van der Waals surface area (Å²) in [5.41, 5.74) is -1.85. The standard InChI is InChI=1S/C16H15ClF4N2O3/c1-7(2)11(6-24)22-15(25)13-12(17)14(26-23-13)8-3-4-9(10(18)5-8)16(19,20)21/h3-5,7,11,24H,6H2,1-2H3,(H,22,25)/t11-/m0/s1. The molecule has 10 heteroatoms.